The summed E-state index contributed by atoms with van der Waals surface area (Å²) >= 11 is 1.35. The maximum atomic E-state index is 13.0. The van der Waals surface area contributed by atoms with Crippen LogP contribution >= 0.6 is 11.3 Å². The number of aromatic nitrogens is 1. The molecule has 1 aliphatic heterocycles. The van der Waals surface area contributed by atoms with Gasteiger partial charge in [-0.25, -0.2) is 8.42 Å². The Balaban J connectivity index is 1.68. The average molecular weight is 504 g/mol. The topological polar surface area (TPSA) is 90.2 Å². The molecule has 3 aromatic rings. The molecule has 2 aromatic carbocycles. The third-order valence-corrected chi connectivity index (χ3v) is 9.04. The SMILES string of the molecule is CCn1c(=NC(=O)c2ccc(S(=O)(=O)N3CCCC(C)C3)cc2)sc2c(OC)ccc(OC)c21. The van der Waals surface area contributed by atoms with Crippen molar-refractivity contribution in [3.8, 4) is 11.5 Å². The van der Waals surface area contributed by atoms with Crippen molar-refractivity contribution in [3.63, 3.8) is 0 Å². The molecule has 1 aliphatic rings. The summed E-state index contributed by atoms with van der Waals surface area (Å²) in [5, 5.41) is 0. The smallest absolute Gasteiger partial charge is 0.279 e. The van der Waals surface area contributed by atoms with Crippen LogP contribution in [-0.4, -0.2) is 50.5 Å². The molecule has 34 heavy (non-hydrogen) atoms. The Hall–Kier alpha value is -2.69. The molecule has 0 aliphatic carbocycles. The summed E-state index contributed by atoms with van der Waals surface area (Å²) in [7, 11) is -0.383. The number of aryl methyl sites for hydroxylation is 1. The van der Waals surface area contributed by atoms with Crippen molar-refractivity contribution < 1.29 is 22.7 Å². The molecule has 1 saturated heterocycles. The van der Waals surface area contributed by atoms with E-state index in [2.05, 4.69) is 11.9 Å². The van der Waals surface area contributed by atoms with Gasteiger partial charge in [0.1, 0.15) is 21.7 Å². The minimum absolute atomic E-state index is 0.193. The number of ether oxygens (including phenoxy) is 2. The van der Waals surface area contributed by atoms with Crippen LogP contribution in [0.2, 0.25) is 0 Å². The highest BCUT2D eigenvalue weighted by Crippen LogP contribution is 2.35. The van der Waals surface area contributed by atoms with E-state index in [4.69, 9.17) is 9.47 Å². The van der Waals surface area contributed by atoms with Gasteiger partial charge in [-0.2, -0.15) is 9.30 Å². The standard InChI is InChI=1S/C24H29N3O5S2/c1-5-27-21-19(31-3)12-13-20(32-4)22(21)33-24(27)25-23(28)17-8-10-18(11-9-17)34(29,30)26-14-6-7-16(2)15-26/h8-13,16H,5-7,14-15H2,1-4H3. The van der Waals surface area contributed by atoms with Crippen molar-refractivity contribution in [2.24, 2.45) is 10.9 Å². The van der Waals surface area contributed by atoms with Gasteiger partial charge in [-0.1, -0.05) is 18.3 Å². The second-order valence-electron chi connectivity index (χ2n) is 8.33. The fourth-order valence-electron chi connectivity index (χ4n) is 4.27. The van der Waals surface area contributed by atoms with Crippen LogP contribution in [0.1, 0.15) is 37.0 Å². The molecule has 8 nitrogen and oxygen atoms in total. The summed E-state index contributed by atoms with van der Waals surface area (Å²) in [6, 6.07) is 9.68. The van der Waals surface area contributed by atoms with Crippen LogP contribution in [0, 0.1) is 5.92 Å². The first kappa shape index (κ1) is 24.4. The van der Waals surface area contributed by atoms with E-state index in [1.54, 1.807) is 14.2 Å². The highest BCUT2D eigenvalue weighted by atomic mass is 32.2. The number of carbonyl (C=O) groups excluding carboxylic acids is 1. The molecule has 0 spiro atoms. The molecule has 10 heteroatoms. The minimum Gasteiger partial charge on any atom is -0.495 e. The number of amides is 1. The number of methoxy groups -OCH3 is 2. The number of hydrogen-bond donors (Lipinski definition) is 0. The molecule has 2 heterocycles. The van der Waals surface area contributed by atoms with Gasteiger partial charge < -0.3 is 14.0 Å². The van der Waals surface area contributed by atoms with E-state index in [0.717, 1.165) is 23.1 Å². The molecule has 1 unspecified atom stereocenters. The van der Waals surface area contributed by atoms with Gasteiger partial charge in [0.25, 0.3) is 5.91 Å². The van der Waals surface area contributed by atoms with E-state index in [1.807, 2.05) is 23.6 Å². The fraction of sp³-hybridized carbons (Fsp3) is 0.417. The number of nitrogens with zero attached hydrogens (tertiary/aromatic N) is 3. The van der Waals surface area contributed by atoms with Crippen LogP contribution < -0.4 is 14.3 Å². The molecule has 0 radical (unpaired) electrons. The molecule has 1 amide bonds. The van der Waals surface area contributed by atoms with Gasteiger partial charge in [-0.3, -0.25) is 4.79 Å². The number of piperidine rings is 1. The summed E-state index contributed by atoms with van der Waals surface area (Å²) in [4.78, 5) is 18.0. The van der Waals surface area contributed by atoms with Crippen molar-refractivity contribution >= 4 is 37.5 Å². The van der Waals surface area contributed by atoms with Crippen LogP contribution in [0.4, 0.5) is 0 Å². The lowest BCUT2D eigenvalue weighted by Crippen LogP contribution is -2.39. The van der Waals surface area contributed by atoms with Crippen LogP contribution in [-0.2, 0) is 16.6 Å². The Bertz CT molecular complexity index is 1370. The lowest BCUT2D eigenvalue weighted by Gasteiger charge is -2.30. The van der Waals surface area contributed by atoms with E-state index in [1.165, 1.54) is 39.9 Å². The van der Waals surface area contributed by atoms with Crippen LogP contribution in [0.15, 0.2) is 46.3 Å². The second kappa shape index (κ2) is 9.89. The first-order valence-electron chi connectivity index (χ1n) is 11.2. The van der Waals surface area contributed by atoms with E-state index in [-0.39, 0.29) is 4.90 Å². The number of fused-ring (bicyclic) bond motifs is 1. The molecule has 1 aromatic heterocycles. The van der Waals surface area contributed by atoms with Crippen LogP contribution in [0.25, 0.3) is 10.2 Å². The molecule has 182 valence electrons. The van der Waals surface area contributed by atoms with Gasteiger partial charge in [0, 0.05) is 25.2 Å². The Morgan fingerprint density at radius 3 is 2.41 bits per heavy atom. The van der Waals surface area contributed by atoms with Crippen molar-refractivity contribution in [2.45, 2.75) is 38.1 Å². The largest absolute Gasteiger partial charge is 0.495 e. The molecule has 4 rings (SSSR count). The van der Waals surface area contributed by atoms with Gasteiger partial charge in [0.2, 0.25) is 10.0 Å². The highest BCUT2D eigenvalue weighted by Gasteiger charge is 2.28. The first-order chi connectivity index (χ1) is 16.3. The first-order valence-corrected chi connectivity index (χ1v) is 13.5. The number of rotatable bonds is 6. The third kappa shape index (κ3) is 4.49. The lowest BCUT2D eigenvalue weighted by atomic mass is 10.0. The van der Waals surface area contributed by atoms with Crippen molar-refractivity contribution in [2.75, 3.05) is 27.3 Å². The summed E-state index contributed by atoms with van der Waals surface area (Å²) in [5.41, 5.74) is 1.14. The lowest BCUT2D eigenvalue weighted by molar-refractivity contribution is 0.0997. The third-order valence-electron chi connectivity index (χ3n) is 6.06. The monoisotopic (exact) mass is 503 g/mol. The molecule has 0 N–H and O–H groups in total. The Labute approximate surface area is 203 Å². The Morgan fingerprint density at radius 1 is 1.12 bits per heavy atom. The van der Waals surface area contributed by atoms with Gasteiger partial charge in [0.05, 0.1) is 19.1 Å². The van der Waals surface area contributed by atoms with Gasteiger partial charge in [0.15, 0.2) is 4.80 Å². The number of thiazole rings is 1. The molecular formula is C24H29N3O5S2. The van der Waals surface area contributed by atoms with Crippen LogP contribution in [0.5, 0.6) is 11.5 Å². The Kier molecular flexibility index (Phi) is 7.11. The fourth-order valence-corrected chi connectivity index (χ4v) is 7.07. The minimum atomic E-state index is -3.58. The predicted octanol–water partition coefficient (Wildman–Crippen LogP) is 3.90. The zero-order chi connectivity index (χ0) is 24.5. The van der Waals surface area contributed by atoms with Crippen LogP contribution in [0.3, 0.4) is 0 Å². The zero-order valence-corrected chi connectivity index (χ0v) is 21.4. The van der Waals surface area contributed by atoms with E-state index in [0.29, 0.717) is 47.4 Å². The number of sulfonamides is 1. The van der Waals surface area contributed by atoms with E-state index in [9.17, 15) is 13.2 Å². The average Bonchev–Trinajstić information content (AvgIpc) is 3.21. The summed E-state index contributed by atoms with van der Waals surface area (Å²) in [6.45, 7) is 5.66. The highest BCUT2D eigenvalue weighted by molar-refractivity contribution is 7.89. The summed E-state index contributed by atoms with van der Waals surface area (Å²) in [5.74, 6) is 1.25. The van der Waals surface area contributed by atoms with Crippen molar-refractivity contribution in [3.05, 3.63) is 46.8 Å². The molecule has 0 saturated carbocycles. The van der Waals surface area contributed by atoms with Gasteiger partial charge in [-0.05, 0) is 62.1 Å². The molecular weight excluding hydrogens is 474 g/mol. The van der Waals surface area contributed by atoms with Gasteiger partial charge >= 0.3 is 0 Å². The number of carbonyl (C=O) groups is 1. The van der Waals surface area contributed by atoms with Crippen molar-refractivity contribution in [1.82, 2.24) is 8.87 Å². The quantitative estimate of drug-likeness (QED) is 0.509. The van der Waals surface area contributed by atoms with E-state index >= 15 is 0 Å². The maximum absolute atomic E-state index is 13.0. The van der Waals surface area contributed by atoms with E-state index < -0.39 is 15.9 Å². The summed E-state index contributed by atoms with van der Waals surface area (Å²) < 4.78 is 41.3. The Morgan fingerprint density at radius 2 is 1.79 bits per heavy atom. The normalized spacial score (nSPS) is 17.8. The molecule has 0 bridgehead atoms. The van der Waals surface area contributed by atoms with Crippen molar-refractivity contribution in [1.29, 1.82) is 0 Å². The predicted molar refractivity (Wildman–Crippen MR) is 132 cm³/mol. The number of benzene rings is 2. The maximum Gasteiger partial charge on any atom is 0.279 e. The number of hydrogen-bond acceptors (Lipinski definition) is 6. The molecule has 1 fully saturated rings. The van der Waals surface area contributed by atoms with Gasteiger partial charge in [-0.15, -0.1) is 0 Å². The zero-order valence-electron chi connectivity index (χ0n) is 19.8. The summed E-state index contributed by atoms with van der Waals surface area (Å²) in [6.07, 6.45) is 1.90. The second-order valence-corrected chi connectivity index (χ2v) is 11.2. The molecule has 1 atom stereocenters.